The molecule has 0 amide bonds. The Morgan fingerprint density at radius 1 is 1.18 bits per heavy atom. The van der Waals surface area contributed by atoms with E-state index in [1.165, 1.54) is 0 Å². The van der Waals surface area contributed by atoms with Gasteiger partial charge >= 0.3 is 5.97 Å². The molecule has 0 atom stereocenters. The van der Waals surface area contributed by atoms with E-state index in [-0.39, 0.29) is 6.42 Å². The van der Waals surface area contributed by atoms with Gasteiger partial charge in [-0.05, 0) is 42.3 Å². The van der Waals surface area contributed by atoms with Crippen LogP contribution < -0.4 is 4.74 Å². The van der Waals surface area contributed by atoms with Gasteiger partial charge in [0.15, 0.2) is 0 Å². The summed E-state index contributed by atoms with van der Waals surface area (Å²) >= 11 is 0. The van der Waals surface area contributed by atoms with Gasteiger partial charge in [-0.15, -0.1) is 0 Å². The molecule has 0 spiro atoms. The number of para-hydroxylation sites is 1. The fourth-order valence-electron chi connectivity index (χ4n) is 2.60. The third-order valence-corrected chi connectivity index (χ3v) is 3.71. The molecule has 4 heteroatoms. The van der Waals surface area contributed by atoms with Crippen LogP contribution in [0.25, 0.3) is 22.2 Å². The quantitative estimate of drug-likeness (QED) is 0.751. The van der Waals surface area contributed by atoms with E-state index in [2.05, 4.69) is 11.1 Å². The van der Waals surface area contributed by atoms with Crippen LogP contribution in [-0.4, -0.2) is 23.2 Å². The van der Waals surface area contributed by atoms with E-state index in [9.17, 15) is 4.79 Å². The number of hydrogen-bond donors (Lipinski definition) is 2. The predicted molar refractivity (Wildman–Crippen MR) is 86.2 cm³/mol. The van der Waals surface area contributed by atoms with Crippen molar-refractivity contribution in [2.75, 3.05) is 7.11 Å². The average molecular weight is 295 g/mol. The van der Waals surface area contributed by atoms with Crippen LogP contribution >= 0.6 is 0 Å². The molecule has 112 valence electrons. The molecule has 0 fully saturated rings. The molecule has 2 aromatic carbocycles. The summed E-state index contributed by atoms with van der Waals surface area (Å²) in [5.74, 6) is 0.0454. The summed E-state index contributed by atoms with van der Waals surface area (Å²) in [6.07, 6.45) is 0.690. The number of nitrogens with one attached hydrogen (secondary N) is 1. The number of aliphatic carboxylic acids is 1. The van der Waals surface area contributed by atoms with Gasteiger partial charge in [0.1, 0.15) is 5.75 Å². The molecule has 0 aliphatic carbocycles. The number of fused-ring (bicyclic) bond motifs is 1. The fourth-order valence-corrected chi connectivity index (χ4v) is 2.60. The molecule has 4 nitrogen and oxygen atoms in total. The van der Waals surface area contributed by atoms with Gasteiger partial charge in [0, 0.05) is 22.9 Å². The highest BCUT2D eigenvalue weighted by atomic mass is 16.5. The minimum absolute atomic E-state index is 0.148. The molecule has 0 saturated carbocycles. The number of aromatic nitrogens is 1. The van der Waals surface area contributed by atoms with E-state index in [4.69, 9.17) is 9.84 Å². The number of ether oxygens (including phenoxy) is 1. The van der Waals surface area contributed by atoms with Crippen LogP contribution in [0, 0.1) is 0 Å². The van der Waals surface area contributed by atoms with Crippen LogP contribution in [0.1, 0.15) is 12.0 Å². The van der Waals surface area contributed by atoms with E-state index >= 15 is 0 Å². The normalized spacial score (nSPS) is 10.8. The van der Waals surface area contributed by atoms with Gasteiger partial charge < -0.3 is 14.8 Å². The molecule has 0 unspecified atom stereocenters. The summed E-state index contributed by atoms with van der Waals surface area (Å²) < 4.78 is 5.40. The first kappa shape index (κ1) is 14.2. The van der Waals surface area contributed by atoms with Gasteiger partial charge in [0.05, 0.1) is 12.8 Å². The molecule has 0 bridgehead atoms. The number of aryl methyl sites for hydroxylation is 1. The molecule has 0 saturated heterocycles. The second kappa shape index (κ2) is 5.93. The van der Waals surface area contributed by atoms with Crippen molar-refractivity contribution in [1.82, 2.24) is 4.98 Å². The van der Waals surface area contributed by atoms with Crippen molar-refractivity contribution >= 4 is 16.9 Å². The predicted octanol–water partition coefficient (Wildman–Crippen LogP) is 3.86. The van der Waals surface area contributed by atoms with Gasteiger partial charge in [0.25, 0.3) is 0 Å². The molecule has 0 aliphatic heterocycles. The molecule has 0 radical (unpaired) electrons. The fraction of sp³-hybridized carbons (Fsp3) is 0.167. The Hall–Kier alpha value is -2.75. The van der Waals surface area contributed by atoms with Crippen molar-refractivity contribution in [3.63, 3.8) is 0 Å². The minimum Gasteiger partial charge on any atom is -0.496 e. The number of hydrogen-bond acceptors (Lipinski definition) is 2. The summed E-state index contributed by atoms with van der Waals surface area (Å²) in [7, 11) is 1.66. The molecule has 1 heterocycles. The van der Waals surface area contributed by atoms with E-state index < -0.39 is 5.97 Å². The zero-order chi connectivity index (χ0) is 15.5. The van der Waals surface area contributed by atoms with Crippen LogP contribution in [-0.2, 0) is 11.2 Å². The lowest BCUT2D eigenvalue weighted by atomic mass is 10.1. The first-order chi connectivity index (χ1) is 10.7. The Kier molecular flexibility index (Phi) is 3.83. The number of carboxylic acids is 1. The smallest absolute Gasteiger partial charge is 0.303 e. The molecule has 22 heavy (non-hydrogen) atoms. The Morgan fingerprint density at radius 3 is 2.77 bits per heavy atom. The van der Waals surface area contributed by atoms with E-state index in [0.717, 1.165) is 33.5 Å². The van der Waals surface area contributed by atoms with E-state index in [1.807, 2.05) is 42.5 Å². The second-order valence-corrected chi connectivity index (χ2v) is 5.20. The SMILES string of the molecule is COc1ccccc1-c1cc2cc(CCC(=O)O)ccc2[nH]1. The number of H-pyrrole nitrogens is 1. The standard InChI is InChI=1S/C18H17NO3/c1-22-17-5-3-2-4-14(17)16-11-13-10-12(7-9-18(20)21)6-8-15(13)19-16/h2-6,8,10-11,19H,7,9H2,1H3,(H,20,21). The largest absolute Gasteiger partial charge is 0.496 e. The van der Waals surface area contributed by atoms with Gasteiger partial charge in [-0.2, -0.15) is 0 Å². The Morgan fingerprint density at radius 2 is 2.00 bits per heavy atom. The number of aromatic amines is 1. The molecule has 3 aromatic rings. The Bertz CT molecular complexity index is 820. The van der Waals surface area contributed by atoms with Gasteiger partial charge in [-0.25, -0.2) is 0 Å². The van der Waals surface area contributed by atoms with Crippen molar-refractivity contribution in [3.05, 3.63) is 54.1 Å². The third-order valence-electron chi connectivity index (χ3n) is 3.71. The lowest BCUT2D eigenvalue weighted by molar-refractivity contribution is -0.136. The van der Waals surface area contributed by atoms with Crippen LogP contribution in [0.3, 0.4) is 0 Å². The number of methoxy groups -OCH3 is 1. The van der Waals surface area contributed by atoms with E-state index in [0.29, 0.717) is 6.42 Å². The van der Waals surface area contributed by atoms with Crippen molar-refractivity contribution < 1.29 is 14.6 Å². The van der Waals surface area contributed by atoms with Crippen molar-refractivity contribution in [3.8, 4) is 17.0 Å². The summed E-state index contributed by atoms with van der Waals surface area (Å²) in [4.78, 5) is 14.1. The zero-order valence-corrected chi connectivity index (χ0v) is 12.3. The lowest BCUT2D eigenvalue weighted by Crippen LogP contribution is -1.96. The van der Waals surface area contributed by atoms with Crippen molar-refractivity contribution in [1.29, 1.82) is 0 Å². The molecule has 3 rings (SSSR count). The van der Waals surface area contributed by atoms with Crippen LogP contribution in [0.5, 0.6) is 5.75 Å². The van der Waals surface area contributed by atoms with E-state index in [1.54, 1.807) is 7.11 Å². The van der Waals surface area contributed by atoms with Crippen LogP contribution in [0.15, 0.2) is 48.5 Å². The summed E-state index contributed by atoms with van der Waals surface area (Å²) in [6, 6.07) is 15.9. The molecule has 0 aliphatic rings. The number of rotatable bonds is 5. The highest BCUT2D eigenvalue weighted by molar-refractivity contribution is 5.87. The second-order valence-electron chi connectivity index (χ2n) is 5.20. The molecule has 1 aromatic heterocycles. The molecular weight excluding hydrogens is 278 g/mol. The topological polar surface area (TPSA) is 62.3 Å². The highest BCUT2D eigenvalue weighted by Gasteiger charge is 2.09. The maximum Gasteiger partial charge on any atom is 0.303 e. The Balaban J connectivity index is 1.97. The number of benzene rings is 2. The van der Waals surface area contributed by atoms with Crippen LogP contribution in [0.2, 0.25) is 0 Å². The average Bonchev–Trinajstić information content (AvgIpc) is 2.95. The zero-order valence-electron chi connectivity index (χ0n) is 12.3. The maximum absolute atomic E-state index is 10.7. The minimum atomic E-state index is -0.774. The first-order valence-corrected chi connectivity index (χ1v) is 7.14. The Labute approximate surface area is 128 Å². The van der Waals surface area contributed by atoms with Crippen molar-refractivity contribution in [2.45, 2.75) is 12.8 Å². The van der Waals surface area contributed by atoms with Crippen LogP contribution in [0.4, 0.5) is 0 Å². The summed E-state index contributed by atoms with van der Waals surface area (Å²) in [5, 5.41) is 9.85. The van der Waals surface area contributed by atoms with Gasteiger partial charge in [0.2, 0.25) is 0 Å². The summed E-state index contributed by atoms with van der Waals surface area (Å²) in [5.41, 5.74) is 4.05. The van der Waals surface area contributed by atoms with Gasteiger partial charge in [-0.1, -0.05) is 18.2 Å². The monoisotopic (exact) mass is 295 g/mol. The lowest BCUT2D eigenvalue weighted by Gasteiger charge is -2.05. The molecular formula is C18H17NO3. The first-order valence-electron chi connectivity index (χ1n) is 7.14. The van der Waals surface area contributed by atoms with Crippen molar-refractivity contribution in [2.24, 2.45) is 0 Å². The highest BCUT2D eigenvalue weighted by Crippen LogP contribution is 2.31. The number of carboxylic acid groups (broad SMARTS) is 1. The summed E-state index contributed by atoms with van der Waals surface area (Å²) in [6.45, 7) is 0. The third kappa shape index (κ3) is 2.81. The number of carbonyl (C=O) groups is 1. The van der Waals surface area contributed by atoms with Gasteiger partial charge in [-0.3, -0.25) is 4.79 Å². The molecule has 2 N–H and O–H groups in total. The maximum atomic E-state index is 10.7.